The molecule has 0 spiro atoms. The van der Waals surface area contributed by atoms with E-state index in [1.807, 2.05) is 0 Å². The van der Waals surface area contributed by atoms with Crippen LogP contribution in [0.25, 0.3) is 0 Å². The zero-order chi connectivity index (χ0) is 11.3. The predicted octanol–water partition coefficient (Wildman–Crippen LogP) is 1.91. The molecule has 0 radical (unpaired) electrons. The largest absolute Gasteiger partial charge is 0.497 e. The highest BCUT2D eigenvalue weighted by atomic mass is 16.5. The molecular weight excluding hydrogens is 192 g/mol. The molecule has 0 heterocycles. The predicted molar refractivity (Wildman–Crippen MR) is 57.3 cm³/mol. The molecule has 0 aliphatic rings. The van der Waals surface area contributed by atoms with Gasteiger partial charge in [-0.15, -0.1) is 6.42 Å². The van der Waals surface area contributed by atoms with Crippen molar-refractivity contribution in [3.63, 3.8) is 0 Å². The number of terminal acetylenes is 1. The van der Waals surface area contributed by atoms with Crippen LogP contribution in [0.4, 0.5) is 0 Å². The lowest BCUT2D eigenvalue weighted by molar-refractivity contribution is 0.101. The maximum absolute atomic E-state index is 11.3. The number of hydrogen-bond donors (Lipinski definition) is 0. The number of hydrogen-bond acceptors (Lipinski definition) is 3. The number of ketones is 1. The fourth-order valence-corrected chi connectivity index (χ4v) is 1.16. The molecule has 0 aliphatic heterocycles. The van der Waals surface area contributed by atoms with Gasteiger partial charge in [0.05, 0.1) is 12.7 Å². The van der Waals surface area contributed by atoms with E-state index in [0.717, 1.165) is 0 Å². The lowest BCUT2D eigenvalue weighted by Gasteiger charge is -2.08. The minimum Gasteiger partial charge on any atom is -0.497 e. The van der Waals surface area contributed by atoms with Gasteiger partial charge in [-0.05, 0) is 25.1 Å². The van der Waals surface area contributed by atoms with E-state index in [4.69, 9.17) is 15.9 Å². The van der Waals surface area contributed by atoms with E-state index in [1.54, 1.807) is 25.3 Å². The SMILES string of the molecule is C#CCOc1ccc(OC)cc1C(C)=O. The second-order valence-corrected chi connectivity index (χ2v) is 2.91. The summed E-state index contributed by atoms with van der Waals surface area (Å²) in [4.78, 5) is 11.3. The summed E-state index contributed by atoms with van der Waals surface area (Å²) in [6.07, 6.45) is 5.07. The molecule has 0 fully saturated rings. The Morgan fingerprint density at radius 2 is 2.27 bits per heavy atom. The quantitative estimate of drug-likeness (QED) is 0.555. The Bertz CT molecular complexity index is 402. The van der Waals surface area contributed by atoms with Gasteiger partial charge < -0.3 is 9.47 Å². The fourth-order valence-electron chi connectivity index (χ4n) is 1.16. The third-order valence-electron chi connectivity index (χ3n) is 1.88. The second-order valence-electron chi connectivity index (χ2n) is 2.91. The summed E-state index contributed by atoms with van der Waals surface area (Å²) in [7, 11) is 1.54. The molecule has 0 bridgehead atoms. The number of carbonyl (C=O) groups excluding carboxylic acids is 1. The number of rotatable bonds is 4. The molecule has 0 saturated heterocycles. The second kappa shape index (κ2) is 5.06. The topological polar surface area (TPSA) is 35.5 Å². The molecule has 0 saturated carbocycles. The standard InChI is InChI=1S/C12H12O3/c1-4-7-15-12-6-5-10(14-3)8-11(12)9(2)13/h1,5-6,8H,7H2,2-3H3. The summed E-state index contributed by atoms with van der Waals surface area (Å²) < 4.78 is 10.3. The molecule has 3 heteroatoms. The summed E-state index contributed by atoms with van der Waals surface area (Å²) in [6.45, 7) is 1.62. The maximum Gasteiger partial charge on any atom is 0.163 e. The number of methoxy groups -OCH3 is 1. The van der Waals surface area contributed by atoms with Gasteiger partial charge >= 0.3 is 0 Å². The summed E-state index contributed by atoms with van der Waals surface area (Å²) in [5.41, 5.74) is 0.476. The zero-order valence-corrected chi connectivity index (χ0v) is 8.74. The van der Waals surface area contributed by atoms with Crippen molar-refractivity contribution in [2.24, 2.45) is 0 Å². The third kappa shape index (κ3) is 2.75. The van der Waals surface area contributed by atoms with Crippen LogP contribution in [0.3, 0.4) is 0 Å². The lowest BCUT2D eigenvalue weighted by atomic mass is 10.1. The molecule has 0 unspecified atom stereocenters. The van der Waals surface area contributed by atoms with E-state index < -0.39 is 0 Å². The van der Waals surface area contributed by atoms with Crippen molar-refractivity contribution in [1.82, 2.24) is 0 Å². The Morgan fingerprint density at radius 3 is 2.80 bits per heavy atom. The van der Waals surface area contributed by atoms with Crippen LogP contribution in [0, 0.1) is 12.3 Å². The first-order valence-corrected chi connectivity index (χ1v) is 4.44. The Labute approximate surface area is 89.0 Å². The first-order valence-electron chi connectivity index (χ1n) is 4.44. The van der Waals surface area contributed by atoms with Gasteiger partial charge in [0.2, 0.25) is 0 Å². The average molecular weight is 204 g/mol. The van der Waals surface area contributed by atoms with Crippen molar-refractivity contribution in [2.45, 2.75) is 6.92 Å². The third-order valence-corrected chi connectivity index (χ3v) is 1.88. The van der Waals surface area contributed by atoms with Crippen LogP contribution in [0.5, 0.6) is 11.5 Å². The highest BCUT2D eigenvalue weighted by Gasteiger charge is 2.09. The van der Waals surface area contributed by atoms with Crippen molar-refractivity contribution in [2.75, 3.05) is 13.7 Å². The minimum atomic E-state index is -0.0825. The summed E-state index contributed by atoms with van der Waals surface area (Å²) in [5.74, 6) is 3.37. The number of carbonyl (C=O) groups is 1. The van der Waals surface area contributed by atoms with Crippen molar-refractivity contribution in [1.29, 1.82) is 0 Å². The monoisotopic (exact) mass is 204 g/mol. The van der Waals surface area contributed by atoms with Gasteiger partial charge in [-0.25, -0.2) is 0 Å². The first kappa shape index (κ1) is 11.1. The van der Waals surface area contributed by atoms with Gasteiger partial charge in [-0.2, -0.15) is 0 Å². The van der Waals surface area contributed by atoms with Gasteiger partial charge in [0.25, 0.3) is 0 Å². The molecule has 0 atom stereocenters. The van der Waals surface area contributed by atoms with Crippen molar-refractivity contribution in [3.8, 4) is 23.8 Å². The smallest absolute Gasteiger partial charge is 0.163 e. The first-order chi connectivity index (χ1) is 7.19. The molecule has 3 nitrogen and oxygen atoms in total. The Balaban J connectivity index is 3.05. The summed E-state index contributed by atoms with van der Waals surface area (Å²) in [5, 5.41) is 0. The van der Waals surface area contributed by atoms with E-state index in [9.17, 15) is 4.79 Å². The Hall–Kier alpha value is -1.95. The van der Waals surface area contributed by atoms with Crippen molar-refractivity contribution < 1.29 is 14.3 Å². The van der Waals surface area contributed by atoms with E-state index >= 15 is 0 Å². The van der Waals surface area contributed by atoms with Crippen LogP contribution < -0.4 is 9.47 Å². The highest BCUT2D eigenvalue weighted by Crippen LogP contribution is 2.24. The van der Waals surface area contributed by atoms with Crippen LogP contribution in [0.2, 0.25) is 0 Å². The molecule has 0 aromatic heterocycles. The molecule has 0 N–H and O–H groups in total. The molecular formula is C12H12O3. The lowest BCUT2D eigenvalue weighted by Crippen LogP contribution is -2.01. The number of benzene rings is 1. The van der Waals surface area contributed by atoms with Crippen LogP contribution in [0.15, 0.2) is 18.2 Å². The van der Waals surface area contributed by atoms with Gasteiger partial charge in [0.15, 0.2) is 5.78 Å². The van der Waals surface area contributed by atoms with Crippen LogP contribution in [-0.4, -0.2) is 19.5 Å². The van der Waals surface area contributed by atoms with Crippen LogP contribution in [0.1, 0.15) is 17.3 Å². The van der Waals surface area contributed by atoms with Gasteiger partial charge in [0, 0.05) is 0 Å². The van der Waals surface area contributed by atoms with Gasteiger partial charge in [0.1, 0.15) is 18.1 Å². The van der Waals surface area contributed by atoms with Gasteiger partial charge in [-0.1, -0.05) is 5.92 Å². The molecule has 1 aromatic rings. The Kier molecular flexibility index (Phi) is 3.75. The molecule has 1 rings (SSSR count). The molecule has 1 aromatic carbocycles. The average Bonchev–Trinajstić information content (AvgIpc) is 2.26. The van der Waals surface area contributed by atoms with E-state index in [-0.39, 0.29) is 12.4 Å². The molecule has 0 amide bonds. The maximum atomic E-state index is 11.3. The van der Waals surface area contributed by atoms with E-state index in [1.165, 1.54) is 6.92 Å². The van der Waals surface area contributed by atoms with Crippen molar-refractivity contribution in [3.05, 3.63) is 23.8 Å². The molecule has 78 valence electrons. The molecule has 0 aliphatic carbocycles. The van der Waals surface area contributed by atoms with Crippen molar-refractivity contribution >= 4 is 5.78 Å². The van der Waals surface area contributed by atoms with Crippen LogP contribution >= 0.6 is 0 Å². The highest BCUT2D eigenvalue weighted by molar-refractivity contribution is 5.97. The summed E-state index contributed by atoms with van der Waals surface area (Å²) >= 11 is 0. The zero-order valence-electron chi connectivity index (χ0n) is 8.74. The van der Waals surface area contributed by atoms with Gasteiger partial charge in [-0.3, -0.25) is 4.79 Å². The fraction of sp³-hybridized carbons (Fsp3) is 0.250. The van der Waals surface area contributed by atoms with Crippen LogP contribution in [-0.2, 0) is 0 Å². The van der Waals surface area contributed by atoms with E-state index in [2.05, 4.69) is 5.92 Å². The summed E-state index contributed by atoms with van der Waals surface area (Å²) in [6, 6.07) is 5.03. The number of ether oxygens (including phenoxy) is 2. The Morgan fingerprint density at radius 1 is 1.53 bits per heavy atom. The molecule has 15 heavy (non-hydrogen) atoms. The normalized spacial score (nSPS) is 9.13. The van der Waals surface area contributed by atoms with E-state index in [0.29, 0.717) is 17.1 Å². The minimum absolute atomic E-state index is 0.0825. The number of Topliss-reactive ketones (excluding diaryl/α,β-unsaturated/α-hetero) is 1.